The lowest BCUT2D eigenvalue weighted by Gasteiger charge is -2.06. The van der Waals surface area contributed by atoms with Gasteiger partial charge in [-0.15, -0.1) is 0 Å². The Balaban J connectivity index is 1.39. The first kappa shape index (κ1) is 21.3. The van der Waals surface area contributed by atoms with Gasteiger partial charge in [-0.3, -0.25) is 5.41 Å². The van der Waals surface area contributed by atoms with Gasteiger partial charge in [-0.25, -0.2) is 4.98 Å². The molecule has 0 atom stereocenters. The number of thioether (sulfide) groups is 1. The van der Waals surface area contributed by atoms with Gasteiger partial charge in [0.05, 0.1) is 17.4 Å². The van der Waals surface area contributed by atoms with Gasteiger partial charge in [0.2, 0.25) is 4.96 Å². The minimum Gasteiger partial charge on any atom is -0.486 e. The fraction of sp³-hybridized carbons (Fsp3) is 0.125. The SMILES string of the molecule is C=c1nc2sc(COc3ccccc3C)nn2c(=N)/c1=C\c1ccc(SCc2ccco2)o1. The molecule has 166 valence electrons. The molecular formula is C24H20N4O3S2. The number of para-hydroxylation sites is 1. The van der Waals surface area contributed by atoms with Crippen LogP contribution in [0.4, 0.5) is 0 Å². The highest BCUT2D eigenvalue weighted by Crippen LogP contribution is 2.25. The first-order chi connectivity index (χ1) is 16.1. The van der Waals surface area contributed by atoms with Gasteiger partial charge in [0.15, 0.2) is 15.6 Å². The summed E-state index contributed by atoms with van der Waals surface area (Å²) >= 11 is 2.92. The van der Waals surface area contributed by atoms with Crippen molar-refractivity contribution in [2.75, 3.05) is 0 Å². The molecule has 0 aliphatic rings. The van der Waals surface area contributed by atoms with E-state index >= 15 is 0 Å². The van der Waals surface area contributed by atoms with Crippen molar-refractivity contribution in [2.24, 2.45) is 0 Å². The molecule has 5 rings (SSSR count). The fourth-order valence-electron chi connectivity index (χ4n) is 3.20. The predicted molar refractivity (Wildman–Crippen MR) is 128 cm³/mol. The summed E-state index contributed by atoms with van der Waals surface area (Å²) in [6.07, 6.45) is 3.42. The van der Waals surface area contributed by atoms with E-state index in [0.717, 1.165) is 27.2 Å². The maximum atomic E-state index is 8.65. The van der Waals surface area contributed by atoms with Crippen LogP contribution in [0, 0.1) is 12.3 Å². The van der Waals surface area contributed by atoms with Gasteiger partial charge in [0.1, 0.15) is 23.9 Å². The van der Waals surface area contributed by atoms with Crippen LogP contribution in [0.2, 0.25) is 0 Å². The van der Waals surface area contributed by atoms with Crippen molar-refractivity contribution in [3.05, 3.63) is 92.9 Å². The summed E-state index contributed by atoms with van der Waals surface area (Å²) in [4.78, 5) is 5.14. The molecule has 0 saturated heterocycles. The van der Waals surface area contributed by atoms with Crippen LogP contribution in [-0.2, 0) is 12.4 Å². The number of ether oxygens (including phenoxy) is 1. The smallest absolute Gasteiger partial charge is 0.214 e. The molecule has 4 heterocycles. The van der Waals surface area contributed by atoms with Crippen molar-refractivity contribution in [3.63, 3.8) is 0 Å². The molecule has 0 radical (unpaired) electrons. The number of aromatic nitrogens is 3. The Labute approximate surface area is 197 Å². The highest BCUT2D eigenvalue weighted by molar-refractivity contribution is 7.98. The van der Waals surface area contributed by atoms with E-state index in [1.165, 1.54) is 15.9 Å². The van der Waals surface area contributed by atoms with Gasteiger partial charge >= 0.3 is 0 Å². The van der Waals surface area contributed by atoms with Crippen molar-refractivity contribution in [2.45, 2.75) is 24.4 Å². The Morgan fingerprint density at radius 3 is 2.91 bits per heavy atom. The summed E-state index contributed by atoms with van der Waals surface area (Å²) in [6, 6.07) is 15.4. The van der Waals surface area contributed by atoms with Gasteiger partial charge in [0.25, 0.3) is 0 Å². The van der Waals surface area contributed by atoms with Crippen molar-refractivity contribution < 1.29 is 13.6 Å². The minimum absolute atomic E-state index is 0.199. The second-order valence-corrected chi connectivity index (χ2v) is 9.25. The second-order valence-electron chi connectivity index (χ2n) is 7.23. The van der Waals surface area contributed by atoms with E-state index in [-0.39, 0.29) is 5.49 Å². The average Bonchev–Trinajstić information content (AvgIpc) is 3.56. The number of benzene rings is 1. The number of furan rings is 2. The molecule has 0 unspecified atom stereocenters. The van der Waals surface area contributed by atoms with E-state index in [0.29, 0.717) is 33.6 Å². The predicted octanol–water partition coefficient (Wildman–Crippen LogP) is 3.88. The molecule has 5 aromatic rings. The van der Waals surface area contributed by atoms with Crippen molar-refractivity contribution >= 4 is 40.7 Å². The fourth-order valence-corrected chi connectivity index (χ4v) is 4.80. The van der Waals surface area contributed by atoms with Crippen LogP contribution < -0.4 is 20.8 Å². The third kappa shape index (κ3) is 4.64. The molecule has 0 amide bonds. The topological polar surface area (TPSA) is 89.5 Å². The standard InChI is InChI=1S/C24H20N4O3S2/c1-15-6-3-4-8-20(15)30-13-21-27-28-23(25)19(16(2)26-24(28)33-21)12-17-9-10-22(31-17)32-14-18-7-5-11-29-18/h3-12,25H,2,13-14H2,1H3/b19-12-,25-23?. The lowest BCUT2D eigenvalue weighted by Crippen LogP contribution is -2.44. The van der Waals surface area contributed by atoms with Crippen molar-refractivity contribution in [1.29, 1.82) is 5.41 Å². The number of hydrogen-bond acceptors (Lipinski definition) is 8. The number of rotatable bonds is 7. The van der Waals surface area contributed by atoms with Crippen LogP contribution in [0.15, 0.2) is 68.7 Å². The highest BCUT2D eigenvalue weighted by Gasteiger charge is 2.10. The monoisotopic (exact) mass is 476 g/mol. The molecule has 7 nitrogen and oxygen atoms in total. The van der Waals surface area contributed by atoms with Crippen LogP contribution in [0.25, 0.3) is 17.6 Å². The summed E-state index contributed by atoms with van der Waals surface area (Å²) in [5.74, 6) is 2.99. The van der Waals surface area contributed by atoms with E-state index in [1.807, 2.05) is 55.5 Å². The van der Waals surface area contributed by atoms with Crippen LogP contribution in [0.1, 0.15) is 22.1 Å². The summed E-state index contributed by atoms with van der Waals surface area (Å²) in [5, 5.41) is 15.7. The Morgan fingerprint density at radius 1 is 1.21 bits per heavy atom. The quantitative estimate of drug-likeness (QED) is 0.359. The summed E-state index contributed by atoms with van der Waals surface area (Å²) in [7, 11) is 0. The Kier molecular flexibility index (Phi) is 5.89. The van der Waals surface area contributed by atoms with Crippen LogP contribution in [-0.4, -0.2) is 14.6 Å². The molecule has 0 aliphatic heterocycles. The molecule has 9 heteroatoms. The largest absolute Gasteiger partial charge is 0.486 e. The maximum absolute atomic E-state index is 8.65. The lowest BCUT2D eigenvalue weighted by molar-refractivity contribution is 0.302. The Morgan fingerprint density at radius 2 is 2.09 bits per heavy atom. The molecule has 4 aromatic heterocycles. The zero-order valence-corrected chi connectivity index (χ0v) is 19.4. The zero-order chi connectivity index (χ0) is 22.8. The molecule has 1 N–H and O–H groups in total. The van der Waals surface area contributed by atoms with E-state index in [2.05, 4.69) is 16.7 Å². The molecule has 33 heavy (non-hydrogen) atoms. The highest BCUT2D eigenvalue weighted by atomic mass is 32.2. The number of aryl methyl sites for hydroxylation is 1. The number of nitrogens with one attached hydrogen (secondary N) is 1. The van der Waals surface area contributed by atoms with Gasteiger partial charge in [-0.2, -0.15) is 9.61 Å². The summed E-state index contributed by atoms with van der Waals surface area (Å²) in [6.45, 7) is 6.33. The Hall–Kier alpha value is -3.56. The van der Waals surface area contributed by atoms with E-state index in [4.69, 9.17) is 19.0 Å². The molecule has 0 spiro atoms. The van der Waals surface area contributed by atoms with Gasteiger partial charge in [-0.05, 0) is 48.9 Å². The van der Waals surface area contributed by atoms with Gasteiger partial charge in [0, 0.05) is 5.22 Å². The number of nitrogens with zero attached hydrogens (tertiary/aromatic N) is 3. The third-order valence-electron chi connectivity index (χ3n) is 4.88. The first-order valence-corrected chi connectivity index (χ1v) is 11.9. The second kappa shape index (κ2) is 9.13. The summed E-state index contributed by atoms with van der Waals surface area (Å²) < 4.78 is 18.7. The van der Waals surface area contributed by atoms with E-state index < -0.39 is 0 Å². The molecule has 1 aromatic carbocycles. The van der Waals surface area contributed by atoms with Crippen LogP contribution in [0.5, 0.6) is 5.75 Å². The third-order valence-corrected chi connectivity index (χ3v) is 6.70. The first-order valence-electron chi connectivity index (χ1n) is 10.1. The van der Waals surface area contributed by atoms with Crippen molar-refractivity contribution in [3.8, 4) is 5.75 Å². The molecule has 0 bridgehead atoms. The van der Waals surface area contributed by atoms with Gasteiger partial charge < -0.3 is 13.6 Å². The number of fused-ring (bicyclic) bond motifs is 1. The summed E-state index contributed by atoms with van der Waals surface area (Å²) in [5.41, 5.74) is 1.26. The molecule has 0 fully saturated rings. The number of hydrogen-bond donors (Lipinski definition) is 1. The Bertz CT molecular complexity index is 1580. The lowest BCUT2D eigenvalue weighted by atomic mass is 10.2. The maximum Gasteiger partial charge on any atom is 0.214 e. The minimum atomic E-state index is 0.199. The van der Waals surface area contributed by atoms with E-state index in [9.17, 15) is 0 Å². The molecule has 0 saturated carbocycles. The normalized spacial score (nSPS) is 12.0. The molecule has 0 aliphatic carbocycles. The zero-order valence-electron chi connectivity index (χ0n) is 17.8. The van der Waals surface area contributed by atoms with E-state index in [1.54, 1.807) is 24.1 Å². The average molecular weight is 477 g/mol. The van der Waals surface area contributed by atoms with Crippen LogP contribution in [0.3, 0.4) is 0 Å². The molecular weight excluding hydrogens is 456 g/mol. The van der Waals surface area contributed by atoms with Crippen LogP contribution >= 0.6 is 23.1 Å². The van der Waals surface area contributed by atoms with Gasteiger partial charge in [-0.1, -0.05) is 47.9 Å². The van der Waals surface area contributed by atoms with Crippen molar-refractivity contribution in [1.82, 2.24) is 14.6 Å².